The normalized spacial score (nSPS) is 11.2. The van der Waals surface area contributed by atoms with Crippen LogP contribution >= 0.6 is 0 Å². The third kappa shape index (κ3) is 4.90. The van der Waals surface area contributed by atoms with Gasteiger partial charge in [0.1, 0.15) is 17.0 Å². The van der Waals surface area contributed by atoms with Gasteiger partial charge in [0.2, 0.25) is 0 Å². The molecule has 8 nitrogen and oxygen atoms in total. The third-order valence-electron chi connectivity index (χ3n) is 3.77. The fourth-order valence-electron chi connectivity index (χ4n) is 2.49. The Hall–Kier alpha value is -3.96. The summed E-state index contributed by atoms with van der Waals surface area (Å²) in [5.74, 6) is -2.14. The van der Waals surface area contributed by atoms with Gasteiger partial charge in [-0.05, 0) is 36.4 Å². The van der Waals surface area contributed by atoms with Gasteiger partial charge < -0.3 is 10.1 Å². The van der Waals surface area contributed by atoms with Crippen molar-refractivity contribution in [2.24, 2.45) is 0 Å². The highest BCUT2D eigenvalue weighted by molar-refractivity contribution is 6.07. The first-order valence-electron chi connectivity index (χ1n) is 8.23. The minimum atomic E-state index is -4.63. The maximum atomic E-state index is 14.3. The number of ether oxygens (including phenoxy) is 1. The van der Waals surface area contributed by atoms with Gasteiger partial charge in [-0.25, -0.2) is 9.07 Å². The molecule has 12 heteroatoms. The monoisotopic (exact) mass is 424 g/mol. The van der Waals surface area contributed by atoms with E-state index in [0.717, 1.165) is 24.3 Å². The van der Waals surface area contributed by atoms with E-state index in [1.807, 2.05) is 0 Å². The second kappa shape index (κ2) is 8.19. The predicted octanol–water partition coefficient (Wildman–Crippen LogP) is 4.11. The molecule has 0 unspecified atom stereocenters. The Balaban J connectivity index is 1.84. The van der Waals surface area contributed by atoms with E-state index in [4.69, 9.17) is 0 Å². The van der Waals surface area contributed by atoms with Gasteiger partial charge in [-0.15, -0.1) is 0 Å². The average molecular weight is 424 g/mol. The maximum Gasteiger partial charge on any atom is 0.422 e. The molecule has 0 saturated carbocycles. The van der Waals surface area contributed by atoms with Gasteiger partial charge in [-0.2, -0.15) is 18.3 Å². The lowest BCUT2D eigenvalue weighted by Crippen LogP contribution is -2.20. The van der Waals surface area contributed by atoms with E-state index in [-0.39, 0.29) is 17.1 Å². The zero-order valence-electron chi connectivity index (χ0n) is 14.9. The molecule has 3 aromatic rings. The summed E-state index contributed by atoms with van der Waals surface area (Å²) in [7, 11) is 0. The van der Waals surface area contributed by atoms with Crippen LogP contribution in [0, 0.1) is 15.9 Å². The number of carbonyl (C=O) groups excluding carboxylic acids is 1. The molecule has 1 heterocycles. The van der Waals surface area contributed by atoms with Gasteiger partial charge in [-0.1, -0.05) is 0 Å². The van der Waals surface area contributed by atoms with Crippen molar-refractivity contribution >= 4 is 17.3 Å². The predicted molar refractivity (Wildman–Crippen MR) is 96.1 cm³/mol. The van der Waals surface area contributed by atoms with Crippen molar-refractivity contribution in [3.05, 3.63) is 76.4 Å². The summed E-state index contributed by atoms with van der Waals surface area (Å²) >= 11 is 0. The van der Waals surface area contributed by atoms with Crippen LogP contribution in [0.25, 0.3) is 5.69 Å². The topological polar surface area (TPSA) is 99.3 Å². The van der Waals surface area contributed by atoms with Crippen LogP contribution in [-0.4, -0.2) is 33.4 Å². The van der Waals surface area contributed by atoms with E-state index in [1.165, 1.54) is 29.2 Å². The van der Waals surface area contributed by atoms with Crippen LogP contribution in [0.1, 0.15) is 10.4 Å². The second-order valence-corrected chi connectivity index (χ2v) is 5.91. The number of nitrogens with one attached hydrogen (secondary N) is 1. The lowest BCUT2D eigenvalue weighted by molar-refractivity contribution is -0.385. The lowest BCUT2D eigenvalue weighted by Gasteiger charge is -2.11. The molecule has 0 bridgehead atoms. The number of halogens is 4. The van der Waals surface area contributed by atoms with Crippen molar-refractivity contribution < 1.29 is 32.0 Å². The molecule has 0 radical (unpaired) electrons. The van der Waals surface area contributed by atoms with Crippen molar-refractivity contribution in [3.8, 4) is 11.4 Å². The second-order valence-electron chi connectivity index (χ2n) is 5.91. The summed E-state index contributed by atoms with van der Waals surface area (Å²) in [6, 6.07) is 7.84. The zero-order chi connectivity index (χ0) is 21.9. The number of aromatic nitrogens is 2. The molecule has 0 aliphatic carbocycles. The quantitative estimate of drug-likeness (QED) is 0.365. The minimum absolute atomic E-state index is 0.0238. The number of nitro benzene ring substituents is 1. The van der Waals surface area contributed by atoms with Crippen molar-refractivity contribution in [3.63, 3.8) is 0 Å². The van der Waals surface area contributed by atoms with Crippen LogP contribution in [0.3, 0.4) is 0 Å². The first-order valence-corrected chi connectivity index (χ1v) is 8.23. The Morgan fingerprint density at radius 1 is 1.23 bits per heavy atom. The van der Waals surface area contributed by atoms with Crippen molar-refractivity contribution in [2.45, 2.75) is 6.18 Å². The first-order chi connectivity index (χ1) is 14.1. The van der Waals surface area contributed by atoms with Crippen LogP contribution in [-0.2, 0) is 0 Å². The van der Waals surface area contributed by atoms with E-state index in [1.54, 1.807) is 6.07 Å². The molecule has 156 valence electrons. The van der Waals surface area contributed by atoms with E-state index >= 15 is 0 Å². The number of alkyl halides is 3. The Kier molecular flexibility index (Phi) is 5.67. The van der Waals surface area contributed by atoms with Gasteiger partial charge >= 0.3 is 6.18 Å². The summed E-state index contributed by atoms with van der Waals surface area (Å²) in [6.45, 7) is -1.63. The number of amides is 1. The molecule has 0 saturated heterocycles. The fraction of sp³-hybridized carbons (Fsp3) is 0.111. The average Bonchev–Trinajstić information content (AvgIpc) is 3.20. The molecule has 1 N–H and O–H groups in total. The molecule has 1 aromatic heterocycles. The SMILES string of the molecule is O=C(Nc1ccc(-n2cccn2)c(F)c1)c1cc(OCC(F)(F)F)ccc1[N+](=O)[O-]. The van der Waals surface area contributed by atoms with Crippen LogP contribution in [0.4, 0.5) is 28.9 Å². The number of rotatable bonds is 6. The van der Waals surface area contributed by atoms with Gasteiger partial charge in [-0.3, -0.25) is 14.9 Å². The molecular formula is C18H12F4N4O4. The molecule has 2 aromatic carbocycles. The smallest absolute Gasteiger partial charge is 0.422 e. The maximum absolute atomic E-state index is 14.3. The van der Waals surface area contributed by atoms with Crippen LogP contribution in [0.5, 0.6) is 5.75 Å². The van der Waals surface area contributed by atoms with Crippen molar-refractivity contribution in [2.75, 3.05) is 11.9 Å². The molecule has 0 aliphatic rings. The molecule has 0 atom stereocenters. The van der Waals surface area contributed by atoms with Crippen molar-refractivity contribution in [1.29, 1.82) is 0 Å². The molecule has 0 aliphatic heterocycles. The van der Waals surface area contributed by atoms with E-state index in [9.17, 15) is 32.5 Å². The number of nitrogens with zero attached hydrogens (tertiary/aromatic N) is 3. The molecule has 1 amide bonds. The zero-order valence-corrected chi connectivity index (χ0v) is 14.9. The largest absolute Gasteiger partial charge is 0.484 e. The molecule has 0 spiro atoms. The Labute approximate surface area is 165 Å². The molecular weight excluding hydrogens is 412 g/mol. The molecule has 30 heavy (non-hydrogen) atoms. The van der Waals surface area contributed by atoms with Crippen molar-refractivity contribution in [1.82, 2.24) is 9.78 Å². The van der Waals surface area contributed by atoms with Crippen LogP contribution in [0.15, 0.2) is 54.9 Å². The standard InChI is InChI=1S/C18H12F4N4O4/c19-14-8-11(2-4-16(14)25-7-1-6-23-25)24-17(27)13-9-12(30-10-18(20,21)22)3-5-15(13)26(28)29/h1-9H,10H2,(H,24,27). The highest BCUT2D eigenvalue weighted by Crippen LogP contribution is 2.27. The number of carbonyl (C=O) groups is 1. The summed E-state index contributed by atoms with van der Waals surface area (Å²) in [5, 5.41) is 17.3. The van der Waals surface area contributed by atoms with Crippen LogP contribution < -0.4 is 10.1 Å². The highest BCUT2D eigenvalue weighted by atomic mass is 19.4. The summed E-state index contributed by atoms with van der Waals surface area (Å²) in [4.78, 5) is 22.8. The van der Waals surface area contributed by atoms with Gasteiger partial charge in [0, 0.05) is 24.1 Å². The number of benzene rings is 2. The van der Waals surface area contributed by atoms with E-state index in [0.29, 0.717) is 0 Å². The molecule has 3 rings (SSSR count). The summed E-state index contributed by atoms with van der Waals surface area (Å²) < 4.78 is 57.0. The van der Waals surface area contributed by atoms with Gasteiger partial charge in [0.05, 0.1) is 4.92 Å². The minimum Gasteiger partial charge on any atom is -0.484 e. The number of hydrogen-bond donors (Lipinski definition) is 1. The number of anilines is 1. The first kappa shape index (κ1) is 20.8. The Morgan fingerprint density at radius 3 is 2.60 bits per heavy atom. The van der Waals surface area contributed by atoms with E-state index in [2.05, 4.69) is 15.2 Å². The lowest BCUT2D eigenvalue weighted by atomic mass is 10.1. The van der Waals surface area contributed by atoms with Gasteiger partial charge in [0.15, 0.2) is 12.4 Å². The number of nitro groups is 1. The summed E-state index contributed by atoms with van der Waals surface area (Å²) in [5.41, 5.74) is -1.12. The Bertz CT molecular complexity index is 1080. The third-order valence-corrected chi connectivity index (χ3v) is 3.77. The van der Waals surface area contributed by atoms with E-state index < -0.39 is 40.7 Å². The van der Waals surface area contributed by atoms with Gasteiger partial charge in [0.25, 0.3) is 11.6 Å². The number of hydrogen-bond acceptors (Lipinski definition) is 5. The fourth-order valence-corrected chi connectivity index (χ4v) is 2.49. The Morgan fingerprint density at radius 2 is 2.00 bits per heavy atom. The highest BCUT2D eigenvalue weighted by Gasteiger charge is 2.29. The molecule has 0 fully saturated rings. The summed E-state index contributed by atoms with van der Waals surface area (Å²) in [6.07, 6.45) is -1.67. The van der Waals surface area contributed by atoms with Crippen LogP contribution in [0.2, 0.25) is 0 Å².